The van der Waals surface area contributed by atoms with E-state index < -0.39 is 47.5 Å². The first-order chi connectivity index (χ1) is 24.8. The maximum atomic E-state index is 14.5. The third-order valence-electron chi connectivity index (χ3n) is 10.3. The van der Waals surface area contributed by atoms with Crippen LogP contribution in [0.25, 0.3) is 21.6 Å². The predicted molar refractivity (Wildman–Crippen MR) is 188 cm³/mol. The van der Waals surface area contributed by atoms with Gasteiger partial charge in [-0.1, -0.05) is 43.2 Å². The summed E-state index contributed by atoms with van der Waals surface area (Å²) in [4.78, 5) is 66.9. The molecular weight excluding hydrogens is 671 g/mol. The van der Waals surface area contributed by atoms with Gasteiger partial charge in [0.05, 0.1) is 22.5 Å². The second-order valence-electron chi connectivity index (χ2n) is 13.7. The van der Waals surface area contributed by atoms with Crippen LogP contribution in [0, 0.1) is 17.4 Å². The standard InChI is InChI=1S/C37H41N7O6S/c38-22-39-35(47)37-20-23(37)11-4-2-1-3-5-16-28(42-36(48)50-24-12-6-7-13-24)34(46)44-21-25(19-29(44)32(45)43-37)49-33-31(30-17-10-18-51-30)40-26-14-8-9-15-27(26)41-33/h4,8-11,14-15,17-18,23-25,28-29H,1-3,5-7,12-13,16,19-21H2,(H,39,47)(H,42,48)(H,43,45)/b11-4+/t23?,25-,28-,29+,37-/m1/s1. The van der Waals surface area contributed by atoms with E-state index >= 15 is 0 Å². The van der Waals surface area contributed by atoms with Crippen LogP contribution in [0.1, 0.15) is 70.6 Å². The molecule has 0 bridgehead atoms. The van der Waals surface area contributed by atoms with Gasteiger partial charge in [-0.2, -0.15) is 5.26 Å². The van der Waals surface area contributed by atoms with Crippen molar-refractivity contribution in [3.63, 3.8) is 0 Å². The van der Waals surface area contributed by atoms with Crippen molar-refractivity contribution in [2.45, 2.75) is 100 Å². The number of hydrogen-bond donors (Lipinski definition) is 3. The van der Waals surface area contributed by atoms with Gasteiger partial charge in [-0.15, -0.1) is 11.3 Å². The lowest BCUT2D eigenvalue weighted by atomic mass is 10.0. The number of amides is 4. The Bertz CT molecular complexity index is 1860. The number of carbonyl (C=O) groups excluding carboxylic acids is 4. The molecule has 0 radical (unpaired) electrons. The average molecular weight is 712 g/mol. The predicted octanol–water partition coefficient (Wildman–Crippen LogP) is 4.74. The topological polar surface area (TPSA) is 176 Å². The lowest BCUT2D eigenvalue weighted by molar-refractivity contribution is -0.141. The van der Waals surface area contributed by atoms with E-state index in [1.165, 1.54) is 16.2 Å². The molecule has 51 heavy (non-hydrogen) atoms. The Kier molecular flexibility index (Phi) is 10.2. The van der Waals surface area contributed by atoms with E-state index in [1.807, 2.05) is 53.9 Å². The largest absolute Gasteiger partial charge is 0.471 e. The molecule has 3 N–H and O–H groups in total. The molecule has 7 rings (SSSR count). The lowest BCUT2D eigenvalue weighted by Crippen LogP contribution is -2.57. The maximum Gasteiger partial charge on any atom is 0.408 e. The third-order valence-corrected chi connectivity index (χ3v) is 11.1. The van der Waals surface area contributed by atoms with E-state index in [1.54, 1.807) is 6.19 Å². The molecule has 2 aromatic heterocycles. The van der Waals surface area contributed by atoms with Gasteiger partial charge in [-0.05, 0) is 74.9 Å². The van der Waals surface area contributed by atoms with Gasteiger partial charge in [0.1, 0.15) is 35.5 Å². The van der Waals surface area contributed by atoms with Gasteiger partial charge in [-0.3, -0.25) is 19.7 Å². The summed E-state index contributed by atoms with van der Waals surface area (Å²) < 4.78 is 12.2. The smallest absolute Gasteiger partial charge is 0.408 e. The number of nitriles is 1. The molecule has 1 saturated heterocycles. The van der Waals surface area contributed by atoms with Crippen LogP contribution in [0.15, 0.2) is 53.9 Å². The summed E-state index contributed by atoms with van der Waals surface area (Å²) >= 11 is 1.50. The zero-order valence-corrected chi connectivity index (χ0v) is 29.0. The number of para-hydroxylation sites is 2. The fourth-order valence-electron chi connectivity index (χ4n) is 7.46. The number of aromatic nitrogens is 2. The van der Waals surface area contributed by atoms with Gasteiger partial charge in [0.15, 0.2) is 6.19 Å². The number of nitrogens with zero attached hydrogens (tertiary/aromatic N) is 4. The highest BCUT2D eigenvalue weighted by molar-refractivity contribution is 7.13. The van der Waals surface area contributed by atoms with Crippen molar-refractivity contribution in [1.29, 1.82) is 5.26 Å². The Labute approximate surface area is 299 Å². The van der Waals surface area contributed by atoms with E-state index in [4.69, 9.17) is 19.4 Å². The Morgan fingerprint density at radius 2 is 1.78 bits per heavy atom. The quantitative estimate of drug-likeness (QED) is 0.185. The minimum absolute atomic E-state index is 0.0336. The number of thiophene rings is 1. The molecule has 1 unspecified atom stereocenters. The number of benzene rings is 1. The summed E-state index contributed by atoms with van der Waals surface area (Å²) in [6, 6.07) is 9.36. The monoisotopic (exact) mass is 711 g/mol. The van der Waals surface area contributed by atoms with E-state index in [0.717, 1.165) is 49.8 Å². The zero-order valence-electron chi connectivity index (χ0n) is 28.2. The summed E-state index contributed by atoms with van der Waals surface area (Å²) in [7, 11) is 0. The van der Waals surface area contributed by atoms with Crippen molar-refractivity contribution in [2.24, 2.45) is 5.92 Å². The molecule has 3 fully saturated rings. The summed E-state index contributed by atoms with van der Waals surface area (Å²) in [5, 5.41) is 19.1. The SMILES string of the molecule is N#CNC(=O)[C@@]12CC1/C=C/CCCCC[C@@H](NC(=O)OC1CCCC1)C(=O)N1C[C@H](Oc3nc4ccccc4nc3-c3cccs3)C[C@H]1C(=O)N2. The minimum Gasteiger partial charge on any atom is -0.471 e. The highest BCUT2D eigenvalue weighted by Gasteiger charge is 2.61. The van der Waals surface area contributed by atoms with Gasteiger partial charge in [0, 0.05) is 12.3 Å². The molecule has 266 valence electrons. The zero-order chi connectivity index (χ0) is 35.4. The van der Waals surface area contributed by atoms with Crippen LogP contribution in [0.4, 0.5) is 4.79 Å². The lowest BCUT2D eigenvalue weighted by Gasteiger charge is -2.29. The number of alkyl carbamates (subject to hydrolysis) is 1. The number of nitrogens with one attached hydrogen (secondary N) is 3. The average Bonchev–Trinajstić information content (AvgIpc) is 3.62. The Balaban J connectivity index is 1.20. The van der Waals surface area contributed by atoms with Crippen LogP contribution in [-0.4, -0.2) is 75.1 Å². The maximum absolute atomic E-state index is 14.5. The Hall–Kier alpha value is -5.03. The number of carbonyl (C=O) groups is 4. The van der Waals surface area contributed by atoms with Crippen molar-refractivity contribution in [3.8, 4) is 22.6 Å². The van der Waals surface area contributed by atoms with Crippen LogP contribution in [-0.2, 0) is 19.1 Å². The normalized spacial score (nSPS) is 27.5. The van der Waals surface area contributed by atoms with E-state index in [2.05, 4.69) is 16.0 Å². The van der Waals surface area contributed by atoms with Crippen molar-refractivity contribution in [2.75, 3.05) is 6.54 Å². The molecule has 4 amide bonds. The molecule has 5 atom stereocenters. The Morgan fingerprint density at radius 1 is 1.00 bits per heavy atom. The van der Waals surface area contributed by atoms with Crippen molar-refractivity contribution in [3.05, 3.63) is 53.9 Å². The molecule has 0 spiro atoms. The number of allylic oxidation sites excluding steroid dienone is 1. The number of hydrogen-bond acceptors (Lipinski definition) is 10. The van der Waals surface area contributed by atoms with Crippen LogP contribution in [0.2, 0.25) is 0 Å². The molecule has 3 aromatic rings. The number of fused-ring (bicyclic) bond motifs is 3. The minimum atomic E-state index is -1.31. The summed E-state index contributed by atoms with van der Waals surface area (Å²) in [6.45, 7) is 0.0336. The first kappa shape index (κ1) is 34.4. The van der Waals surface area contributed by atoms with Crippen molar-refractivity contribution in [1.82, 2.24) is 30.8 Å². The van der Waals surface area contributed by atoms with E-state index in [-0.39, 0.29) is 30.9 Å². The summed E-state index contributed by atoms with van der Waals surface area (Å²) in [5.74, 6) is -1.57. The van der Waals surface area contributed by atoms with Gasteiger partial charge in [-0.25, -0.2) is 14.8 Å². The van der Waals surface area contributed by atoms with Crippen LogP contribution >= 0.6 is 11.3 Å². The molecule has 14 heteroatoms. The molecule has 1 aromatic carbocycles. The third kappa shape index (κ3) is 7.54. The fraction of sp³-hybridized carbons (Fsp3) is 0.486. The first-order valence-electron chi connectivity index (χ1n) is 17.8. The summed E-state index contributed by atoms with van der Waals surface area (Å²) in [5.41, 5.74) is 0.584. The van der Waals surface area contributed by atoms with E-state index in [0.29, 0.717) is 36.0 Å². The van der Waals surface area contributed by atoms with Gasteiger partial charge in [0.2, 0.25) is 17.7 Å². The Morgan fingerprint density at radius 3 is 2.55 bits per heavy atom. The van der Waals surface area contributed by atoms with E-state index in [9.17, 15) is 24.4 Å². The molecule has 13 nitrogen and oxygen atoms in total. The molecule has 2 aliphatic heterocycles. The number of ether oxygens (including phenoxy) is 2. The first-order valence-corrected chi connectivity index (χ1v) is 18.7. The van der Waals surface area contributed by atoms with Crippen LogP contribution in [0.3, 0.4) is 0 Å². The van der Waals surface area contributed by atoms with Crippen molar-refractivity contribution >= 4 is 46.2 Å². The number of rotatable bonds is 6. The fourth-order valence-corrected chi connectivity index (χ4v) is 8.16. The van der Waals surface area contributed by atoms with Crippen LogP contribution < -0.4 is 20.7 Å². The molecule has 2 aliphatic carbocycles. The van der Waals surface area contributed by atoms with Gasteiger partial charge < -0.3 is 25.0 Å². The highest BCUT2D eigenvalue weighted by atomic mass is 32.1. The van der Waals surface area contributed by atoms with Gasteiger partial charge >= 0.3 is 6.09 Å². The van der Waals surface area contributed by atoms with Gasteiger partial charge in [0.25, 0.3) is 5.91 Å². The molecule has 2 saturated carbocycles. The highest BCUT2D eigenvalue weighted by Crippen LogP contribution is 2.45. The molecule has 4 heterocycles. The molecule has 4 aliphatic rings. The second-order valence-corrected chi connectivity index (χ2v) is 14.7. The summed E-state index contributed by atoms with van der Waals surface area (Å²) in [6.07, 6.45) is 11.6. The second kappa shape index (κ2) is 15.1. The van der Waals surface area contributed by atoms with Crippen LogP contribution in [0.5, 0.6) is 5.88 Å². The van der Waals surface area contributed by atoms with Crippen molar-refractivity contribution < 1.29 is 28.7 Å². The molecular formula is C37H41N7O6S.